The van der Waals surface area contributed by atoms with Gasteiger partial charge in [-0.3, -0.25) is 4.98 Å². The number of halogens is 1. The minimum absolute atomic E-state index is 0.0490. The molecule has 21 heavy (non-hydrogen) atoms. The molecular weight excluding hydrogens is 326 g/mol. The fraction of sp³-hybridized carbons (Fsp3) is 0.286. The Bertz CT molecular complexity index is 628. The smallest absolute Gasteiger partial charge is 0.100 e. The van der Waals surface area contributed by atoms with E-state index in [2.05, 4.69) is 11.1 Å². The van der Waals surface area contributed by atoms with Crippen LogP contribution >= 0.6 is 34.7 Å². The van der Waals surface area contributed by atoms with Crippen molar-refractivity contribution in [2.75, 3.05) is 6.61 Å². The number of hydrogen-bond donors (Lipinski definition) is 2. The molecule has 2 aromatic rings. The number of aliphatic hydroxyl groups excluding tert-OH is 1. The molecule has 7 heteroatoms. The number of benzene rings is 1. The Kier molecular flexibility index (Phi) is 6.03. The van der Waals surface area contributed by atoms with Gasteiger partial charge in [0.05, 0.1) is 17.7 Å². The molecule has 0 bridgehead atoms. The van der Waals surface area contributed by atoms with Crippen molar-refractivity contribution < 1.29 is 5.11 Å². The van der Waals surface area contributed by atoms with Crippen LogP contribution in [0.1, 0.15) is 22.1 Å². The lowest BCUT2D eigenvalue weighted by Crippen LogP contribution is -2.25. The van der Waals surface area contributed by atoms with E-state index in [1.807, 2.05) is 6.07 Å². The Morgan fingerprint density at radius 2 is 2.33 bits per heavy atom. The largest absolute Gasteiger partial charge is 0.395 e. The average Bonchev–Trinajstić information content (AvgIpc) is 3.02. The predicted octanol–water partition coefficient (Wildman–Crippen LogP) is 3.21. The summed E-state index contributed by atoms with van der Waals surface area (Å²) in [6.45, 7) is -0.0679. The topological polar surface area (TPSA) is 82.9 Å². The molecule has 0 radical (unpaired) electrons. The summed E-state index contributed by atoms with van der Waals surface area (Å²) in [6.07, 6.45) is 2.41. The van der Waals surface area contributed by atoms with Gasteiger partial charge in [0, 0.05) is 32.3 Å². The van der Waals surface area contributed by atoms with Gasteiger partial charge in [-0.05, 0) is 24.6 Å². The third-order valence-electron chi connectivity index (χ3n) is 2.85. The van der Waals surface area contributed by atoms with Crippen LogP contribution in [0.4, 0.5) is 0 Å². The van der Waals surface area contributed by atoms with Crippen LogP contribution in [-0.4, -0.2) is 22.7 Å². The summed E-state index contributed by atoms with van der Waals surface area (Å²) < 4.78 is 0. The molecule has 0 aliphatic carbocycles. The normalized spacial score (nSPS) is 13.6. The maximum Gasteiger partial charge on any atom is 0.100 e. The summed E-state index contributed by atoms with van der Waals surface area (Å²) in [5.41, 5.74) is 8.17. The molecule has 3 N–H and O–H groups in total. The molecule has 1 heterocycles. The zero-order valence-corrected chi connectivity index (χ0v) is 13.5. The summed E-state index contributed by atoms with van der Waals surface area (Å²) >= 11 is 9.01. The van der Waals surface area contributed by atoms with Crippen LogP contribution in [0.25, 0.3) is 0 Å². The average molecular weight is 340 g/mol. The minimum Gasteiger partial charge on any atom is -0.395 e. The molecule has 1 aromatic heterocycles. The van der Waals surface area contributed by atoms with Crippen LogP contribution in [0.15, 0.2) is 34.8 Å². The van der Waals surface area contributed by atoms with E-state index in [1.54, 1.807) is 46.9 Å². The van der Waals surface area contributed by atoms with Crippen molar-refractivity contribution in [3.8, 4) is 6.07 Å². The molecule has 110 valence electrons. The standard InChI is InChI=1S/C14H14ClN3OS2/c15-10-1-2-12(9(3-10)5-16)21-13(4-11(17)7-19)14-6-18-8-20-14/h1-3,6,8,11,13,19H,4,7,17H2. The van der Waals surface area contributed by atoms with E-state index in [9.17, 15) is 5.26 Å². The maximum atomic E-state index is 9.22. The zero-order valence-electron chi connectivity index (χ0n) is 11.1. The van der Waals surface area contributed by atoms with Gasteiger partial charge < -0.3 is 10.8 Å². The SMILES string of the molecule is N#Cc1cc(Cl)ccc1SC(CC(N)CO)c1cncs1. The molecule has 0 aliphatic heterocycles. The molecular formula is C14H14ClN3OS2. The highest BCUT2D eigenvalue weighted by molar-refractivity contribution is 7.99. The summed E-state index contributed by atoms with van der Waals surface area (Å²) in [6, 6.07) is 7.11. The van der Waals surface area contributed by atoms with E-state index < -0.39 is 0 Å². The van der Waals surface area contributed by atoms with Crippen molar-refractivity contribution in [1.82, 2.24) is 4.98 Å². The first kappa shape index (κ1) is 16.3. The van der Waals surface area contributed by atoms with Crippen LogP contribution in [-0.2, 0) is 0 Å². The van der Waals surface area contributed by atoms with Crippen molar-refractivity contribution in [2.45, 2.75) is 22.6 Å². The number of thiazole rings is 1. The van der Waals surface area contributed by atoms with Gasteiger partial charge in [-0.15, -0.1) is 23.1 Å². The molecule has 0 aliphatic rings. The van der Waals surface area contributed by atoms with E-state index in [0.29, 0.717) is 17.0 Å². The van der Waals surface area contributed by atoms with Gasteiger partial charge in [0.2, 0.25) is 0 Å². The molecule has 2 rings (SSSR count). The van der Waals surface area contributed by atoms with E-state index >= 15 is 0 Å². The van der Waals surface area contributed by atoms with Gasteiger partial charge >= 0.3 is 0 Å². The van der Waals surface area contributed by atoms with Gasteiger partial charge in [0.1, 0.15) is 6.07 Å². The minimum atomic E-state index is -0.303. The van der Waals surface area contributed by atoms with E-state index in [0.717, 1.165) is 9.77 Å². The molecule has 0 spiro atoms. The quantitative estimate of drug-likeness (QED) is 0.789. The molecule has 2 unspecified atom stereocenters. The van der Waals surface area contributed by atoms with Crippen LogP contribution in [0.5, 0.6) is 0 Å². The van der Waals surface area contributed by atoms with Crippen LogP contribution < -0.4 is 5.73 Å². The van der Waals surface area contributed by atoms with E-state index in [4.69, 9.17) is 22.4 Å². The van der Waals surface area contributed by atoms with Gasteiger partial charge in [-0.1, -0.05) is 11.6 Å². The van der Waals surface area contributed by atoms with Gasteiger partial charge in [0.15, 0.2) is 0 Å². The lowest BCUT2D eigenvalue weighted by atomic mass is 10.1. The van der Waals surface area contributed by atoms with Gasteiger partial charge in [0.25, 0.3) is 0 Å². The predicted molar refractivity (Wildman–Crippen MR) is 86.6 cm³/mol. The highest BCUT2D eigenvalue weighted by Crippen LogP contribution is 2.41. The van der Waals surface area contributed by atoms with Gasteiger partial charge in [-0.2, -0.15) is 5.26 Å². The fourth-order valence-electron chi connectivity index (χ4n) is 1.80. The summed E-state index contributed by atoms with van der Waals surface area (Å²) in [5.74, 6) is 0. The fourth-order valence-corrected chi connectivity index (χ4v) is 4.10. The van der Waals surface area contributed by atoms with Gasteiger partial charge in [-0.25, -0.2) is 0 Å². The number of nitrogens with two attached hydrogens (primary N) is 1. The number of aliphatic hydroxyl groups is 1. The molecule has 0 fully saturated rings. The third-order valence-corrected chi connectivity index (χ3v) is 5.47. The van der Waals surface area contributed by atoms with Crippen LogP contribution in [0.3, 0.4) is 0 Å². The van der Waals surface area contributed by atoms with E-state index in [1.165, 1.54) is 0 Å². The van der Waals surface area contributed by atoms with Crippen molar-refractivity contribution in [3.63, 3.8) is 0 Å². The van der Waals surface area contributed by atoms with Crippen molar-refractivity contribution in [3.05, 3.63) is 45.4 Å². The highest BCUT2D eigenvalue weighted by atomic mass is 35.5. The lowest BCUT2D eigenvalue weighted by Gasteiger charge is -2.18. The molecule has 0 saturated carbocycles. The number of rotatable bonds is 6. The Morgan fingerprint density at radius 1 is 1.52 bits per heavy atom. The highest BCUT2D eigenvalue weighted by Gasteiger charge is 2.20. The Labute approximate surface area is 136 Å². The molecule has 0 amide bonds. The lowest BCUT2D eigenvalue weighted by molar-refractivity contribution is 0.260. The molecule has 1 aromatic carbocycles. The third kappa shape index (κ3) is 4.43. The second-order valence-electron chi connectivity index (χ2n) is 4.44. The van der Waals surface area contributed by atoms with Crippen molar-refractivity contribution >= 4 is 34.7 Å². The molecule has 4 nitrogen and oxygen atoms in total. The molecule has 2 atom stereocenters. The number of nitrogens with zero attached hydrogens (tertiary/aromatic N) is 2. The molecule has 0 saturated heterocycles. The van der Waals surface area contributed by atoms with Crippen LogP contribution in [0, 0.1) is 11.3 Å². The second-order valence-corrected chi connectivity index (χ2v) is 7.04. The van der Waals surface area contributed by atoms with E-state index in [-0.39, 0.29) is 17.9 Å². The summed E-state index contributed by atoms with van der Waals surface area (Å²) in [7, 11) is 0. The Morgan fingerprint density at radius 3 is 2.95 bits per heavy atom. The first-order chi connectivity index (χ1) is 10.1. The number of hydrogen-bond acceptors (Lipinski definition) is 6. The number of nitriles is 1. The Hall–Kier alpha value is -1.10. The zero-order chi connectivity index (χ0) is 15.2. The second kappa shape index (κ2) is 7.78. The summed E-state index contributed by atoms with van der Waals surface area (Å²) in [5, 5.41) is 19.0. The first-order valence-electron chi connectivity index (χ1n) is 6.25. The van der Waals surface area contributed by atoms with Crippen LogP contribution in [0.2, 0.25) is 5.02 Å². The maximum absolute atomic E-state index is 9.22. The van der Waals surface area contributed by atoms with Crippen molar-refractivity contribution in [2.24, 2.45) is 5.73 Å². The van der Waals surface area contributed by atoms with Crippen molar-refractivity contribution in [1.29, 1.82) is 5.26 Å². The monoisotopic (exact) mass is 339 g/mol. The summed E-state index contributed by atoms with van der Waals surface area (Å²) in [4.78, 5) is 6.01. The number of thioether (sulfide) groups is 1. The number of aromatic nitrogens is 1. The first-order valence-corrected chi connectivity index (χ1v) is 8.39. The Balaban J connectivity index is 2.25.